The first-order valence-electron chi connectivity index (χ1n) is 7.82. The fraction of sp³-hybridized carbons (Fsp3) is 0.316. The Hall–Kier alpha value is -2.17. The molecule has 0 aliphatic carbocycles. The van der Waals surface area contributed by atoms with Gasteiger partial charge in [-0.3, -0.25) is 4.79 Å². The van der Waals surface area contributed by atoms with Crippen LogP contribution < -0.4 is 0 Å². The molecular formula is C19H22N2O2. The smallest absolute Gasteiger partial charge is 0.264 e. The van der Waals surface area contributed by atoms with E-state index in [9.17, 15) is 9.90 Å². The van der Waals surface area contributed by atoms with Gasteiger partial charge in [-0.2, -0.15) is 0 Å². The van der Waals surface area contributed by atoms with Crippen LogP contribution in [0.5, 0.6) is 0 Å². The molecular weight excluding hydrogens is 288 g/mol. The Bertz CT molecular complexity index is 625. The number of rotatable bonds is 4. The van der Waals surface area contributed by atoms with E-state index in [1.807, 2.05) is 50.5 Å². The molecule has 1 aliphatic heterocycles. The summed E-state index contributed by atoms with van der Waals surface area (Å²) in [4.78, 5) is 16.9. The lowest BCUT2D eigenvalue weighted by atomic mass is 9.84. The summed E-state index contributed by atoms with van der Waals surface area (Å²) in [6, 6.07) is 18.7. The highest BCUT2D eigenvalue weighted by molar-refractivity contribution is 5.90. The number of hydrogen-bond donors (Lipinski definition) is 1. The van der Waals surface area contributed by atoms with Crippen LogP contribution in [0.4, 0.5) is 0 Å². The summed E-state index contributed by atoms with van der Waals surface area (Å²) < 4.78 is 0. The molecule has 1 fully saturated rings. The van der Waals surface area contributed by atoms with Crippen molar-refractivity contribution in [2.24, 2.45) is 0 Å². The van der Waals surface area contributed by atoms with Gasteiger partial charge < -0.3 is 14.9 Å². The Morgan fingerprint density at radius 2 is 1.43 bits per heavy atom. The Kier molecular flexibility index (Phi) is 4.20. The van der Waals surface area contributed by atoms with Crippen molar-refractivity contribution in [2.75, 3.05) is 27.2 Å². The van der Waals surface area contributed by atoms with Crippen LogP contribution in [0.1, 0.15) is 11.1 Å². The van der Waals surface area contributed by atoms with Crippen molar-refractivity contribution in [1.82, 2.24) is 9.80 Å². The fourth-order valence-electron chi connectivity index (χ4n) is 2.95. The summed E-state index contributed by atoms with van der Waals surface area (Å²) >= 11 is 0. The molecule has 1 aliphatic rings. The van der Waals surface area contributed by atoms with Crippen molar-refractivity contribution in [3.05, 3.63) is 71.8 Å². The number of hydrogen-bond acceptors (Lipinski definition) is 3. The molecule has 0 spiro atoms. The highest BCUT2D eigenvalue weighted by Gasteiger charge is 2.46. The predicted octanol–water partition coefficient (Wildman–Crippen LogP) is 1.69. The number of carbonyl (C=O) groups excluding carboxylic acids is 1. The first-order valence-corrected chi connectivity index (χ1v) is 7.82. The van der Waals surface area contributed by atoms with Crippen LogP contribution in [-0.2, 0) is 10.4 Å². The van der Waals surface area contributed by atoms with Gasteiger partial charge >= 0.3 is 0 Å². The molecule has 3 rings (SSSR count). The van der Waals surface area contributed by atoms with E-state index >= 15 is 0 Å². The molecule has 0 radical (unpaired) electrons. The molecule has 0 aromatic heterocycles. The first-order chi connectivity index (χ1) is 11.0. The second kappa shape index (κ2) is 6.14. The standard InChI is InChI=1S/C19H22N2O2/c1-20(2)17-13-21(14-17)18(22)19(23,15-9-5-3-6-10-15)16-11-7-4-8-12-16/h3-12,17,23H,13-14H2,1-2H3. The zero-order valence-electron chi connectivity index (χ0n) is 13.5. The second-order valence-corrected chi connectivity index (χ2v) is 6.27. The average Bonchev–Trinajstić information content (AvgIpc) is 2.54. The lowest BCUT2D eigenvalue weighted by molar-refractivity contribution is -0.155. The van der Waals surface area contributed by atoms with Crippen LogP contribution in [-0.4, -0.2) is 54.0 Å². The van der Waals surface area contributed by atoms with Gasteiger partial charge in [0.25, 0.3) is 5.91 Å². The number of aliphatic hydroxyl groups is 1. The van der Waals surface area contributed by atoms with E-state index in [0.717, 1.165) is 0 Å². The summed E-state index contributed by atoms with van der Waals surface area (Å²) in [6.45, 7) is 1.29. The van der Waals surface area contributed by atoms with Crippen molar-refractivity contribution in [1.29, 1.82) is 0 Å². The minimum atomic E-state index is -1.64. The van der Waals surface area contributed by atoms with Crippen LogP contribution in [0.2, 0.25) is 0 Å². The first kappa shape index (κ1) is 15.7. The van der Waals surface area contributed by atoms with E-state index in [4.69, 9.17) is 0 Å². The van der Waals surface area contributed by atoms with Crippen LogP contribution in [0, 0.1) is 0 Å². The van der Waals surface area contributed by atoms with Gasteiger partial charge in [0.1, 0.15) is 0 Å². The Morgan fingerprint density at radius 3 is 1.83 bits per heavy atom. The van der Waals surface area contributed by atoms with Gasteiger partial charge in [0.05, 0.1) is 0 Å². The molecule has 1 amide bonds. The minimum Gasteiger partial charge on any atom is -0.372 e. The van der Waals surface area contributed by atoms with Crippen molar-refractivity contribution < 1.29 is 9.90 Å². The highest BCUT2D eigenvalue weighted by Crippen LogP contribution is 2.33. The summed E-state index contributed by atoms with van der Waals surface area (Å²) in [7, 11) is 4.01. The van der Waals surface area contributed by atoms with Crippen LogP contribution in [0.3, 0.4) is 0 Å². The molecule has 4 heteroatoms. The molecule has 1 N–H and O–H groups in total. The largest absolute Gasteiger partial charge is 0.372 e. The quantitative estimate of drug-likeness (QED) is 0.935. The average molecular weight is 310 g/mol. The van der Waals surface area contributed by atoms with E-state index in [0.29, 0.717) is 30.3 Å². The van der Waals surface area contributed by atoms with Crippen LogP contribution in [0.25, 0.3) is 0 Å². The van der Waals surface area contributed by atoms with Gasteiger partial charge in [0, 0.05) is 19.1 Å². The van der Waals surface area contributed by atoms with E-state index in [2.05, 4.69) is 4.90 Å². The lowest BCUT2D eigenvalue weighted by Crippen LogP contribution is -2.63. The molecule has 0 saturated carbocycles. The van der Waals surface area contributed by atoms with Gasteiger partial charge in [-0.05, 0) is 25.2 Å². The number of nitrogens with zero attached hydrogens (tertiary/aromatic N) is 2. The van der Waals surface area contributed by atoms with Gasteiger partial charge in [0.2, 0.25) is 0 Å². The van der Waals surface area contributed by atoms with E-state index in [1.54, 1.807) is 29.2 Å². The van der Waals surface area contributed by atoms with Crippen molar-refractivity contribution in [3.8, 4) is 0 Å². The monoisotopic (exact) mass is 310 g/mol. The zero-order chi connectivity index (χ0) is 16.4. The molecule has 0 unspecified atom stereocenters. The number of likely N-dealkylation sites (tertiary alicyclic amines) is 1. The van der Waals surface area contributed by atoms with Crippen molar-refractivity contribution >= 4 is 5.91 Å². The summed E-state index contributed by atoms with van der Waals surface area (Å²) in [6.07, 6.45) is 0. The summed E-state index contributed by atoms with van der Waals surface area (Å²) in [5.74, 6) is -0.256. The molecule has 0 atom stereocenters. The molecule has 1 heterocycles. The third kappa shape index (κ3) is 2.76. The maximum absolute atomic E-state index is 13.1. The predicted molar refractivity (Wildman–Crippen MR) is 89.9 cm³/mol. The zero-order valence-corrected chi connectivity index (χ0v) is 13.5. The molecule has 1 saturated heterocycles. The molecule has 23 heavy (non-hydrogen) atoms. The third-order valence-electron chi connectivity index (χ3n) is 4.57. The third-order valence-corrected chi connectivity index (χ3v) is 4.57. The van der Waals surface area contributed by atoms with E-state index in [-0.39, 0.29) is 5.91 Å². The van der Waals surface area contributed by atoms with Gasteiger partial charge in [0.15, 0.2) is 5.60 Å². The van der Waals surface area contributed by atoms with Crippen LogP contribution in [0.15, 0.2) is 60.7 Å². The van der Waals surface area contributed by atoms with Gasteiger partial charge in [-0.25, -0.2) is 0 Å². The summed E-state index contributed by atoms with van der Waals surface area (Å²) in [5, 5.41) is 11.4. The number of carbonyl (C=O) groups is 1. The maximum Gasteiger partial charge on any atom is 0.264 e. The summed E-state index contributed by atoms with van der Waals surface area (Å²) in [5.41, 5.74) is -0.436. The number of amides is 1. The fourth-order valence-corrected chi connectivity index (χ4v) is 2.95. The normalized spacial score (nSPS) is 15.6. The van der Waals surface area contributed by atoms with Crippen molar-refractivity contribution in [2.45, 2.75) is 11.6 Å². The van der Waals surface area contributed by atoms with E-state index < -0.39 is 5.60 Å². The SMILES string of the molecule is CN(C)C1CN(C(=O)C(O)(c2ccccc2)c2ccccc2)C1. The Morgan fingerprint density at radius 1 is 1.00 bits per heavy atom. The molecule has 2 aromatic carbocycles. The lowest BCUT2D eigenvalue weighted by Gasteiger charge is -2.46. The highest BCUT2D eigenvalue weighted by atomic mass is 16.3. The Balaban J connectivity index is 1.96. The van der Waals surface area contributed by atoms with E-state index in [1.165, 1.54) is 0 Å². The maximum atomic E-state index is 13.1. The van der Waals surface area contributed by atoms with Crippen LogP contribution >= 0.6 is 0 Å². The second-order valence-electron chi connectivity index (χ2n) is 6.27. The molecule has 0 bridgehead atoms. The molecule has 4 nitrogen and oxygen atoms in total. The van der Waals surface area contributed by atoms with Gasteiger partial charge in [-0.15, -0.1) is 0 Å². The topological polar surface area (TPSA) is 43.8 Å². The Labute approximate surface area is 137 Å². The van der Waals surface area contributed by atoms with Crippen molar-refractivity contribution in [3.63, 3.8) is 0 Å². The number of likely N-dealkylation sites (N-methyl/N-ethyl adjacent to an activating group) is 1. The van der Waals surface area contributed by atoms with Gasteiger partial charge in [-0.1, -0.05) is 60.7 Å². The molecule has 120 valence electrons. The molecule has 2 aromatic rings. The number of benzene rings is 2. The minimum absolute atomic E-state index is 0.256.